The first-order chi connectivity index (χ1) is 8.60. The normalized spacial score (nSPS) is 24.6. The molecular weight excluding hydrogens is 230 g/mol. The van der Waals surface area contributed by atoms with Crippen molar-refractivity contribution < 1.29 is 14.7 Å². The van der Waals surface area contributed by atoms with Crippen LogP contribution in [-0.4, -0.2) is 23.5 Å². The quantitative estimate of drug-likeness (QED) is 0.710. The Kier molecular flexibility index (Phi) is 4.04. The molecule has 0 bridgehead atoms. The van der Waals surface area contributed by atoms with Gasteiger partial charge in [0.05, 0.1) is 6.42 Å². The predicted molar refractivity (Wildman–Crippen MR) is 68.0 cm³/mol. The monoisotopic (exact) mass is 251 g/mol. The van der Waals surface area contributed by atoms with Crippen molar-refractivity contribution in [3.05, 3.63) is 12.2 Å². The largest absolute Gasteiger partial charge is 0.481 e. The van der Waals surface area contributed by atoms with Crippen LogP contribution in [0.5, 0.6) is 0 Å². The summed E-state index contributed by atoms with van der Waals surface area (Å²) in [4.78, 5) is 22.6. The number of nitrogens with one attached hydrogen (secondary N) is 1. The van der Waals surface area contributed by atoms with Crippen molar-refractivity contribution in [3.63, 3.8) is 0 Å². The molecule has 1 atom stereocenters. The molecule has 0 spiro atoms. The number of carboxylic acid groups (broad SMARTS) is 1. The maximum absolute atomic E-state index is 11.8. The van der Waals surface area contributed by atoms with Gasteiger partial charge < -0.3 is 10.4 Å². The van der Waals surface area contributed by atoms with Crippen LogP contribution in [0.25, 0.3) is 0 Å². The van der Waals surface area contributed by atoms with Gasteiger partial charge in [-0.3, -0.25) is 9.59 Å². The Hall–Kier alpha value is -1.32. The first-order valence-electron chi connectivity index (χ1n) is 6.75. The van der Waals surface area contributed by atoms with Gasteiger partial charge in [-0.05, 0) is 37.0 Å². The maximum Gasteiger partial charge on any atom is 0.303 e. The molecule has 1 amide bonds. The summed E-state index contributed by atoms with van der Waals surface area (Å²) in [6, 6.07) is 0. The number of aliphatic carboxylic acids is 1. The van der Waals surface area contributed by atoms with E-state index in [1.807, 2.05) is 0 Å². The molecule has 0 aliphatic heterocycles. The molecule has 4 heteroatoms. The van der Waals surface area contributed by atoms with Gasteiger partial charge in [0.2, 0.25) is 5.91 Å². The molecule has 0 saturated heterocycles. The van der Waals surface area contributed by atoms with Crippen LogP contribution >= 0.6 is 0 Å². The lowest BCUT2D eigenvalue weighted by atomic mass is 9.66. The zero-order valence-corrected chi connectivity index (χ0v) is 10.7. The van der Waals surface area contributed by atoms with Gasteiger partial charge >= 0.3 is 5.97 Å². The summed E-state index contributed by atoms with van der Waals surface area (Å²) < 4.78 is 0. The van der Waals surface area contributed by atoms with Crippen LogP contribution in [0.2, 0.25) is 0 Å². The zero-order valence-electron chi connectivity index (χ0n) is 10.7. The molecule has 0 radical (unpaired) electrons. The Morgan fingerprint density at radius 1 is 1.39 bits per heavy atom. The number of carbonyl (C=O) groups is 2. The molecule has 2 N–H and O–H groups in total. The topological polar surface area (TPSA) is 66.4 Å². The van der Waals surface area contributed by atoms with Gasteiger partial charge in [0.15, 0.2) is 0 Å². The van der Waals surface area contributed by atoms with Gasteiger partial charge in [0.1, 0.15) is 0 Å². The number of amides is 1. The van der Waals surface area contributed by atoms with Crippen molar-refractivity contribution in [2.75, 3.05) is 6.54 Å². The van der Waals surface area contributed by atoms with Gasteiger partial charge in [-0.2, -0.15) is 0 Å². The minimum absolute atomic E-state index is 0.0585. The van der Waals surface area contributed by atoms with Crippen molar-refractivity contribution in [1.82, 2.24) is 5.32 Å². The third-order valence-electron chi connectivity index (χ3n) is 4.16. The highest BCUT2D eigenvalue weighted by Crippen LogP contribution is 2.43. The second-order valence-electron chi connectivity index (χ2n) is 5.67. The molecule has 2 aliphatic carbocycles. The molecule has 0 heterocycles. The van der Waals surface area contributed by atoms with E-state index in [1.54, 1.807) is 0 Å². The van der Waals surface area contributed by atoms with E-state index in [1.165, 1.54) is 0 Å². The number of carboxylic acids is 1. The number of hydrogen-bond acceptors (Lipinski definition) is 2. The molecule has 0 aromatic rings. The second kappa shape index (κ2) is 5.55. The fourth-order valence-electron chi connectivity index (χ4n) is 2.88. The number of carbonyl (C=O) groups excluding carboxylic acids is 1. The minimum atomic E-state index is -0.761. The molecule has 100 valence electrons. The average molecular weight is 251 g/mol. The van der Waals surface area contributed by atoms with Crippen molar-refractivity contribution in [1.29, 1.82) is 0 Å². The fourth-order valence-corrected chi connectivity index (χ4v) is 2.88. The van der Waals surface area contributed by atoms with Crippen LogP contribution in [0, 0.1) is 11.3 Å². The Labute approximate surface area is 107 Å². The standard InChI is InChI=1S/C14H21NO3/c16-12(8-11-4-1-2-5-11)15-10-14(6-3-7-14)9-13(17)18/h1,4,11H,2-3,5-10H2,(H,15,16)(H,17,18). The highest BCUT2D eigenvalue weighted by Gasteiger charge is 2.39. The summed E-state index contributed by atoms with van der Waals surface area (Å²) in [6.45, 7) is 0.522. The van der Waals surface area contributed by atoms with Gasteiger partial charge in [-0.15, -0.1) is 0 Å². The molecule has 4 nitrogen and oxygen atoms in total. The smallest absolute Gasteiger partial charge is 0.303 e. The van der Waals surface area contributed by atoms with Crippen molar-refractivity contribution in [2.24, 2.45) is 11.3 Å². The van der Waals surface area contributed by atoms with E-state index in [-0.39, 0.29) is 17.7 Å². The molecule has 1 saturated carbocycles. The first-order valence-corrected chi connectivity index (χ1v) is 6.75. The molecule has 18 heavy (non-hydrogen) atoms. The maximum atomic E-state index is 11.8. The highest BCUT2D eigenvalue weighted by molar-refractivity contribution is 5.76. The summed E-state index contributed by atoms with van der Waals surface area (Å²) in [7, 11) is 0. The lowest BCUT2D eigenvalue weighted by molar-refractivity contribution is -0.141. The van der Waals surface area contributed by atoms with Crippen LogP contribution in [0.1, 0.15) is 44.9 Å². The van der Waals surface area contributed by atoms with E-state index < -0.39 is 5.97 Å². The molecule has 0 aromatic heterocycles. The molecule has 2 rings (SSSR count). The summed E-state index contributed by atoms with van der Waals surface area (Å²) >= 11 is 0. The Morgan fingerprint density at radius 2 is 2.17 bits per heavy atom. The Balaban J connectivity index is 1.73. The van der Waals surface area contributed by atoms with Crippen LogP contribution in [-0.2, 0) is 9.59 Å². The Bertz CT molecular complexity index is 358. The number of hydrogen-bond donors (Lipinski definition) is 2. The second-order valence-corrected chi connectivity index (χ2v) is 5.67. The third kappa shape index (κ3) is 3.34. The number of rotatable bonds is 6. The van der Waals surface area contributed by atoms with Crippen LogP contribution in [0.15, 0.2) is 12.2 Å². The third-order valence-corrected chi connectivity index (χ3v) is 4.16. The summed E-state index contributed by atoms with van der Waals surface area (Å²) in [6.07, 6.45) is 10.00. The summed E-state index contributed by atoms with van der Waals surface area (Å²) in [5.41, 5.74) is -0.174. The van der Waals surface area contributed by atoms with E-state index in [9.17, 15) is 9.59 Å². The van der Waals surface area contributed by atoms with Crippen molar-refractivity contribution in [2.45, 2.75) is 44.9 Å². The lowest BCUT2D eigenvalue weighted by Gasteiger charge is -2.40. The first kappa shape index (κ1) is 13.1. The number of allylic oxidation sites excluding steroid dienone is 2. The lowest BCUT2D eigenvalue weighted by Crippen LogP contribution is -2.43. The Morgan fingerprint density at radius 3 is 2.67 bits per heavy atom. The summed E-state index contributed by atoms with van der Waals surface area (Å²) in [5.74, 6) is -0.326. The van der Waals surface area contributed by atoms with Gasteiger partial charge in [0.25, 0.3) is 0 Å². The summed E-state index contributed by atoms with van der Waals surface area (Å²) in [5, 5.41) is 11.8. The van der Waals surface area contributed by atoms with Gasteiger partial charge in [-0.25, -0.2) is 0 Å². The van der Waals surface area contributed by atoms with Crippen LogP contribution in [0.4, 0.5) is 0 Å². The van der Waals surface area contributed by atoms with E-state index in [0.29, 0.717) is 18.9 Å². The van der Waals surface area contributed by atoms with E-state index in [0.717, 1.165) is 32.1 Å². The molecular formula is C14H21NO3. The molecule has 0 aromatic carbocycles. The van der Waals surface area contributed by atoms with Crippen molar-refractivity contribution >= 4 is 11.9 Å². The zero-order chi connectivity index (χ0) is 13.0. The predicted octanol–water partition coefficient (Wildman–Crippen LogP) is 2.10. The van der Waals surface area contributed by atoms with Crippen LogP contribution < -0.4 is 5.32 Å². The van der Waals surface area contributed by atoms with Crippen molar-refractivity contribution in [3.8, 4) is 0 Å². The van der Waals surface area contributed by atoms with Gasteiger partial charge in [0, 0.05) is 13.0 Å². The van der Waals surface area contributed by atoms with E-state index in [4.69, 9.17) is 5.11 Å². The van der Waals surface area contributed by atoms with E-state index in [2.05, 4.69) is 17.5 Å². The van der Waals surface area contributed by atoms with Gasteiger partial charge in [-0.1, -0.05) is 18.6 Å². The minimum Gasteiger partial charge on any atom is -0.481 e. The SMILES string of the molecule is O=C(O)CC1(CNC(=O)CC2C=CCC2)CCC1. The average Bonchev–Trinajstić information content (AvgIpc) is 2.74. The molecule has 1 unspecified atom stereocenters. The highest BCUT2D eigenvalue weighted by atomic mass is 16.4. The molecule has 2 aliphatic rings. The fraction of sp³-hybridized carbons (Fsp3) is 0.714. The van der Waals surface area contributed by atoms with E-state index >= 15 is 0 Å². The van der Waals surface area contributed by atoms with Crippen LogP contribution in [0.3, 0.4) is 0 Å². The molecule has 1 fully saturated rings.